The van der Waals surface area contributed by atoms with Crippen molar-refractivity contribution < 1.29 is 4.92 Å². The molecule has 0 aliphatic rings. The van der Waals surface area contributed by atoms with E-state index in [1.54, 1.807) is 18.2 Å². The second-order valence-electron chi connectivity index (χ2n) is 3.86. The standard InChI is InChI=1S/C13H12N2O2/c1-9-6-7-10(12(14)8-9)11-4-2-3-5-13(11)15(16)17/h2-8H,14H2,1H3. The fourth-order valence-corrected chi connectivity index (χ4v) is 1.79. The Morgan fingerprint density at radius 1 is 1.12 bits per heavy atom. The van der Waals surface area contributed by atoms with Crippen LogP contribution in [0.1, 0.15) is 5.56 Å². The van der Waals surface area contributed by atoms with Gasteiger partial charge in [0.2, 0.25) is 0 Å². The van der Waals surface area contributed by atoms with Crippen molar-refractivity contribution in [2.75, 3.05) is 5.73 Å². The third-order valence-corrected chi connectivity index (χ3v) is 2.60. The Balaban J connectivity index is 2.64. The lowest BCUT2D eigenvalue weighted by Gasteiger charge is -2.07. The number of benzene rings is 2. The van der Waals surface area contributed by atoms with Crippen LogP contribution in [0.2, 0.25) is 0 Å². The van der Waals surface area contributed by atoms with Crippen molar-refractivity contribution in [3.05, 3.63) is 58.1 Å². The van der Waals surface area contributed by atoms with E-state index in [1.807, 2.05) is 25.1 Å². The first-order valence-corrected chi connectivity index (χ1v) is 5.19. The van der Waals surface area contributed by atoms with Crippen LogP contribution in [0.15, 0.2) is 42.5 Å². The minimum atomic E-state index is -0.394. The van der Waals surface area contributed by atoms with Gasteiger partial charge in [-0.3, -0.25) is 10.1 Å². The Bertz CT molecular complexity index is 579. The lowest BCUT2D eigenvalue weighted by Crippen LogP contribution is -1.95. The third kappa shape index (κ3) is 2.10. The highest BCUT2D eigenvalue weighted by molar-refractivity contribution is 5.82. The van der Waals surface area contributed by atoms with Crippen LogP contribution in [-0.4, -0.2) is 4.92 Å². The molecule has 17 heavy (non-hydrogen) atoms. The van der Waals surface area contributed by atoms with Crippen molar-refractivity contribution in [2.45, 2.75) is 6.92 Å². The molecule has 0 saturated carbocycles. The smallest absolute Gasteiger partial charge is 0.277 e. The quantitative estimate of drug-likeness (QED) is 0.487. The number of hydrogen-bond acceptors (Lipinski definition) is 3. The summed E-state index contributed by atoms with van der Waals surface area (Å²) in [4.78, 5) is 10.5. The molecule has 0 atom stereocenters. The van der Waals surface area contributed by atoms with Gasteiger partial charge >= 0.3 is 0 Å². The number of hydrogen-bond donors (Lipinski definition) is 1. The molecule has 4 nitrogen and oxygen atoms in total. The van der Waals surface area contributed by atoms with Gasteiger partial charge in [0.15, 0.2) is 0 Å². The monoisotopic (exact) mass is 228 g/mol. The zero-order chi connectivity index (χ0) is 12.4. The molecule has 0 aliphatic heterocycles. The Kier molecular flexibility index (Phi) is 2.78. The first kappa shape index (κ1) is 11.1. The van der Waals surface area contributed by atoms with E-state index < -0.39 is 4.92 Å². The average molecular weight is 228 g/mol. The highest BCUT2D eigenvalue weighted by Crippen LogP contribution is 2.33. The van der Waals surface area contributed by atoms with Gasteiger partial charge in [-0.1, -0.05) is 24.3 Å². The summed E-state index contributed by atoms with van der Waals surface area (Å²) in [5.74, 6) is 0. The molecule has 0 unspecified atom stereocenters. The number of aryl methyl sites for hydroxylation is 1. The summed E-state index contributed by atoms with van der Waals surface area (Å²) >= 11 is 0. The van der Waals surface area contributed by atoms with Crippen LogP contribution in [0, 0.1) is 17.0 Å². The van der Waals surface area contributed by atoms with Crippen LogP contribution in [0.3, 0.4) is 0 Å². The summed E-state index contributed by atoms with van der Waals surface area (Å²) in [6.07, 6.45) is 0. The van der Waals surface area contributed by atoms with Gasteiger partial charge in [-0.15, -0.1) is 0 Å². The molecule has 0 saturated heterocycles. The number of nitro groups is 1. The van der Waals surface area contributed by atoms with Crippen LogP contribution in [0.25, 0.3) is 11.1 Å². The minimum absolute atomic E-state index is 0.0723. The maximum atomic E-state index is 10.9. The van der Waals surface area contributed by atoms with Gasteiger partial charge in [0, 0.05) is 17.3 Å². The van der Waals surface area contributed by atoms with Crippen LogP contribution >= 0.6 is 0 Å². The number of nitrogens with two attached hydrogens (primary N) is 1. The molecule has 0 aliphatic carbocycles. The maximum absolute atomic E-state index is 10.9. The molecule has 0 aromatic heterocycles. The van der Waals surface area contributed by atoms with E-state index in [0.717, 1.165) is 5.56 Å². The fourth-order valence-electron chi connectivity index (χ4n) is 1.79. The molecule has 0 heterocycles. The molecule has 2 N–H and O–H groups in total. The van der Waals surface area contributed by atoms with Gasteiger partial charge in [0.1, 0.15) is 0 Å². The first-order chi connectivity index (χ1) is 8.09. The van der Waals surface area contributed by atoms with Crippen molar-refractivity contribution in [2.24, 2.45) is 0 Å². The molecule has 86 valence electrons. The molecule has 2 aromatic rings. The van der Waals surface area contributed by atoms with Crippen molar-refractivity contribution in [3.8, 4) is 11.1 Å². The molecule has 0 radical (unpaired) electrons. The van der Waals surface area contributed by atoms with E-state index in [9.17, 15) is 10.1 Å². The highest BCUT2D eigenvalue weighted by atomic mass is 16.6. The minimum Gasteiger partial charge on any atom is -0.398 e. The topological polar surface area (TPSA) is 69.2 Å². The summed E-state index contributed by atoms with van der Waals surface area (Å²) in [6.45, 7) is 1.93. The van der Waals surface area contributed by atoms with E-state index in [4.69, 9.17) is 5.73 Å². The molecule has 0 bridgehead atoms. The lowest BCUT2D eigenvalue weighted by atomic mass is 10.0. The Morgan fingerprint density at radius 3 is 2.47 bits per heavy atom. The predicted octanol–water partition coefficient (Wildman–Crippen LogP) is 3.15. The molecule has 2 aromatic carbocycles. The molecule has 0 amide bonds. The Labute approximate surface area is 98.8 Å². The Hall–Kier alpha value is -2.36. The zero-order valence-electron chi connectivity index (χ0n) is 9.38. The predicted molar refractivity (Wildman–Crippen MR) is 67.7 cm³/mol. The molecule has 2 rings (SSSR count). The summed E-state index contributed by atoms with van der Waals surface area (Å²) in [7, 11) is 0. The fraction of sp³-hybridized carbons (Fsp3) is 0.0769. The van der Waals surface area contributed by atoms with Gasteiger partial charge in [-0.05, 0) is 24.6 Å². The molecular formula is C13H12N2O2. The van der Waals surface area contributed by atoms with E-state index in [-0.39, 0.29) is 5.69 Å². The molecule has 4 heteroatoms. The number of rotatable bonds is 2. The number of nitrogen functional groups attached to an aromatic ring is 1. The van der Waals surface area contributed by atoms with Crippen molar-refractivity contribution in [3.63, 3.8) is 0 Å². The second-order valence-corrected chi connectivity index (χ2v) is 3.86. The van der Waals surface area contributed by atoms with Gasteiger partial charge in [-0.25, -0.2) is 0 Å². The second kappa shape index (κ2) is 4.25. The third-order valence-electron chi connectivity index (χ3n) is 2.60. The van der Waals surface area contributed by atoms with Crippen molar-refractivity contribution in [1.82, 2.24) is 0 Å². The van der Waals surface area contributed by atoms with Gasteiger partial charge in [0.05, 0.1) is 10.5 Å². The van der Waals surface area contributed by atoms with Crippen LogP contribution in [-0.2, 0) is 0 Å². The zero-order valence-corrected chi connectivity index (χ0v) is 9.38. The van der Waals surface area contributed by atoms with Gasteiger partial charge in [0.25, 0.3) is 5.69 Å². The van der Waals surface area contributed by atoms with Gasteiger partial charge in [-0.2, -0.15) is 0 Å². The van der Waals surface area contributed by atoms with Crippen LogP contribution in [0.5, 0.6) is 0 Å². The number of nitrogens with zero attached hydrogens (tertiary/aromatic N) is 1. The highest BCUT2D eigenvalue weighted by Gasteiger charge is 2.15. The van der Waals surface area contributed by atoms with Crippen LogP contribution < -0.4 is 5.73 Å². The van der Waals surface area contributed by atoms with Crippen molar-refractivity contribution in [1.29, 1.82) is 0 Å². The largest absolute Gasteiger partial charge is 0.398 e. The van der Waals surface area contributed by atoms with Crippen LogP contribution in [0.4, 0.5) is 11.4 Å². The maximum Gasteiger partial charge on any atom is 0.277 e. The average Bonchev–Trinajstić information content (AvgIpc) is 2.29. The van der Waals surface area contributed by atoms with E-state index in [1.165, 1.54) is 6.07 Å². The van der Waals surface area contributed by atoms with E-state index >= 15 is 0 Å². The summed E-state index contributed by atoms with van der Waals surface area (Å²) in [5.41, 5.74) is 8.81. The molecule has 0 spiro atoms. The summed E-state index contributed by atoms with van der Waals surface area (Å²) in [6, 6.07) is 12.1. The Morgan fingerprint density at radius 2 is 1.82 bits per heavy atom. The molecular weight excluding hydrogens is 216 g/mol. The SMILES string of the molecule is Cc1ccc(-c2ccccc2[N+](=O)[O-])c(N)c1. The number of nitro benzene ring substituents is 1. The van der Waals surface area contributed by atoms with Crippen molar-refractivity contribution >= 4 is 11.4 Å². The van der Waals surface area contributed by atoms with E-state index in [0.29, 0.717) is 16.8 Å². The number of anilines is 1. The lowest BCUT2D eigenvalue weighted by molar-refractivity contribution is -0.384. The van der Waals surface area contributed by atoms with Gasteiger partial charge < -0.3 is 5.73 Å². The summed E-state index contributed by atoms with van der Waals surface area (Å²) < 4.78 is 0. The first-order valence-electron chi connectivity index (χ1n) is 5.19. The normalized spacial score (nSPS) is 10.2. The summed E-state index contributed by atoms with van der Waals surface area (Å²) in [5, 5.41) is 10.9. The molecule has 0 fully saturated rings. The van der Waals surface area contributed by atoms with E-state index in [2.05, 4.69) is 0 Å². The number of para-hydroxylation sites is 1.